The summed E-state index contributed by atoms with van der Waals surface area (Å²) < 4.78 is 25.1. The maximum absolute atomic E-state index is 13.6. The Bertz CT molecular complexity index is 965. The number of aromatic nitrogens is 1. The first-order valence-corrected chi connectivity index (χ1v) is 9.36. The van der Waals surface area contributed by atoms with Crippen LogP contribution in [0.15, 0.2) is 60.8 Å². The van der Waals surface area contributed by atoms with E-state index in [1.165, 1.54) is 12.1 Å². The first kappa shape index (κ1) is 18.2. The van der Waals surface area contributed by atoms with Gasteiger partial charge >= 0.3 is 0 Å². The van der Waals surface area contributed by atoms with E-state index in [-0.39, 0.29) is 24.4 Å². The molecule has 6 heteroatoms. The van der Waals surface area contributed by atoms with Crippen molar-refractivity contribution in [1.82, 2.24) is 9.88 Å². The van der Waals surface area contributed by atoms with Gasteiger partial charge in [-0.2, -0.15) is 0 Å². The van der Waals surface area contributed by atoms with Crippen molar-refractivity contribution in [3.05, 3.63) is 66.6 Å². The molecule has 1 saturated heterocycles. The summed E-state index contributed by atoms with van der Waals surface area (Å²) in [6.45, 7) is 1.00. The van der Waals surface area contributed by atoms with Crippen LogP contribution >= 0.6 is 0 Å². The molecule has 0 aliphatic carbocycles. The number of hydrogen-bond donors (Lipinski definition) is 0. The summed E-state index contributed by atoms with van der Waals surface area (Å²) in [5.74, 6) is 0.253. The lowest BCUT2D eigenvalue weighted by Gasteiger charge is -2.32. The Hall–Kier alpha value is -3.15. The minimum Gasteiger partial charge on any atom is -0.488 e. The predicted octanol–water partition coefficient (Wildman–Crippen LogP) is 3.82. The molecule has 0 N–H and O–H groups in total. The van der Waals surface area contributed by atoms with Gasteiger partial charge in [-0.05, 0) is 24.3 Å². The first-order valence-electron chi connectivity index (χ1n) is 9.36. The summed E-state index contributed by atoms with van der Waals surface area (Å²) in [7, 11) is 0. The van der Waals surface area contributed by atoms with E-state index in [9.17, 15) is 9.18 Å². The first-order chi connectivity index (χ1) is 13.7. The van der Waals surface area contributed by atoms with Crippen molar-refractivity contribution in [1.29, 1.82) is 0 Å². The molecule has 144 valence electrons. The fourth-order valence-electron chi connectivity index (χ4n) is 3.37. The molecule has 3 aromatic rings. The molecule has 0 bridgehead atoms. The highest BCUT2D eigenvalue weighted by molar-refractivity contribution is 5.84. The number of para-hydroxylation sites is 2. The average molecular weight is 380 g/mol. The van der Waals surface area contributed by atoms with E-state index >= 15 is 0 Å². The molecule has 0 saturated carbocycles. The maximum Gasteiger partial charge on any atom is 0.260 e. The number of carbonyl (C=O) groups is 1. The number of amides is 1. The molecule has 1 fully saturated rings. The fourth-order valence-corrected chi connectivity index (χ4v) is 3.37. The maximum atomic E-state index is 13.6. The molecule has 2 heterocycles. The van der Waals surface area contributed by atoms with Gasteiger partial charge in [-0.3, -0.25) is 9.78 Å². The Morgan fingerprint density at radius 1 is 1.04 bits per heavy atom. The third-order valence-corrected chi connectivity index (χ3v) is 4.87. The number of pyridine rings is 1. The van der Waals surface area contributed by atoms with Crippen LogP contribution in [0.1, 0.15) is 12.8 Å². The normalized spacial score (nSPS) is 14.8. The van der Waals surface area contributed by atoms with E-state index in [1.54, 1.807) is 23.2 Å². The molecule has 4 rings (SSSR count). The number of piperidine rings is 1. The number of halogens is 1. The van der Waals surface area contributed by atoms with Crippen LogP contribution in [-0.4, -0.2) is 41.6 Å². The van der Waals surface area contributed by atoms with Crippen LogP contribution in [0.25, 0.3) is 10.9 Å². The van der Waals surface area contributed by atoms with E-state index < -0.39 is 5.82 Å². The van der Waals surface area contributed by atoms with Crippen LogP contribution in [-0.2, 0) is 4.79 Å². The summed E-state index contributed by atoms with van der Waals surface area (Å²) in [5, 5.41) is 1.04. The van der Waals surface area contributed by atoms with Gasteiger partial charge in [-0.15, -0.1) is 0 Å². The fraction of sp³-hybridized carbons (Fsp3) is 0.273. The second-order valence-electron chi connectivity index (χ2n) is 6.75. The highest BCUT2D eigenvalue weighted by Gasteiger charge is 2.25. The Labute approximate surface area is 162 Å². The van der Waals surface area contributed by atoms with Gasteiger partial charge in [0.2, 0.25) is 0 Å². The molecule has 2 aromatic carbocycles. The van der Waals surface area contributed by atoms with Crippen molar-refractivity contribution in [2.75, 3.05) is 19.7 Å². The third-order valence-electron chi connectivity index (χ3n) is 4.87. The number of likely N-dealkylation sites (tertiary alicyclic amines) is 1. The number of ether oxygens (including phenoxy) is 2. The Morgan fingerprint density at radius 3 is 2.61 bits per heavy atom. The van der Waals surface area contributed by atoms with Gasteiger partial charge in [0.1, 0.15) is 17.4 Å². The van der Waals surface area contributed by atoms with Gasteiger partial charge in [-0.25, -0.2) is 4.39 Å². The Kier molecular flexibility index (Phi) is 5.37. The van der Waals surface area contributed by atoms with E-state index in [0.717, 1.165) is 29.5 Å². The van der Waals surface area contributed by atoms with Crippen LogP contribution in [0.4, 0.5) is 4.39 Å². The zero-order valence-corrected chi connectivity index (χ0v) is 15.4. The third kappa shape index (κ3) is 4.06. The smallest absolute Gasteiger partial charge is 0.260 e. The van der Waals surface area contributed by atoms with Gasteiger partial charge in [0, 0.05) is 37.5 Å². The van der Waals surface area contributed by atoms with Crippen molar-refractivity contribution in [2.24, 2.45) is 0 Å². The molecule has 1 aromatic heterocycles. The summed E-state index contributed by atoms with van der Waals surface area (Å²) in [4.78, 5) is 18.5. The van der Waals surface area contributed by atoms with E-state index in [2.05, 4.69) is 4.98 Å². The number of carbonyl (C=O) groups excluding carboxylic acids is 1. The Balaban J connectivity index is 1.30. The lowest BCUT2D eigenvalue weighted by molar-refractivity contribution is -0.135. The summed E-state index contributed by atoms with van der Waals surface area (Å²) in [6, 6.07) is 15.9. The van der Waals surface area contributed by atoms with Crippen molar-refractivity contribution in [3.8, 4) is 11.5 Å². The molecule has 28 heavy (non-hydrogen) atoms. The monoisotopic (exact) mass is 380 g/mol. The van der Waals surface area contributed by atoms with Gasteiger partial charge in [-0.1, -0.05) is 30.3 Å². The van der Waals surface area contributed by atoms with Gasteiger partial charge in [0.25, 0.3) is 5.91 Å². The van der Waals surface area contributed by atoms with E-state index in [0.29, 0.717) is 13.1 Å². The highest BCUT2D eigenvalue weighted by Crippen LogP contribution is 2.26. The summed E-state index contributed by atoms with van der Waals surface area (Å²) in [6.07, 6.45) is 3.25. The minimum absolute atomic E-state index is 0.0316. The second kappa shape index (κ2) is 8.25. The number of rotatable bonds is 5. The standard InChI is InChI=1S/C22H21FN2O3/c23-18-7-1-2-8-19(18)27-15-21(26)25-13-10-17(11-14-25)28-20-9-3-5-16-6-4-12-24-22(16)20/h1-9,12,17H,10-11,13-15H2. The lowest BCUT2D eigenvalue weighted by Crippen LogP contribution is -2.43. The van der Waals surface area contributed by atoms with Gasteiger partial charge in [0.15, 0.2) is 18.2 Å². The topological polar surface area (TPSA) is 51.7 Å². The molecular weight excluding hydrogens is 359 g/mol. The molecule has 1 aliphatic rings. The lowest BCUT2D eigenvalue weighted by atomic mass is 10.1. The van der Waals surface area contributed by atoms with Crippen molar-refractivity contribution < 1.29 is 18.7 Å². The van der Waals surface area contributed by atoms with Crippen molar-refractivity contribution in [2.45, 2.75) is 18.9 Å². The van der Waals surface area contributed by atoms with Crippen LogP contribution in [0.2, 0.25) is 0 Å². The van der Waals surface area contributed by atoms with Crippen LogP contribution in [0.5, 0.6) is 11.5 Å². The SMILES string of the molecule is O=C(COc1ccccc1F)N1CCC(Oc2cccc3cccnc23)CC1. The number of fused-ring (bicyclic) bond motifs is 1. The van der Waals surface area contributed by atoms with E-state index in [4.69, 9.17) is 9.47 Å². The quantitative estimate of drug-likeness (QED) is 0.675. The molecule has 1 amide bonds. The summed E-state index contributed by atoms with van der Waals surface area (Å²) in [5.41, 5.74) is 0.849. The van der Waals surface area contributed by atoms with E-state index in [1.807, 2.05) is 30.3 Å². The molecular formula is C22H21FN2O3. The molecule has 0 unspecified atom stereocenters. The molecule has 0 atom stereocenters. The number of nitrogens with zero attached hydrogens (tertiary/aromatic N) is 2. The zero-order valence-electron chi connectivity index (χ0n) is 15.4. The van der Waals surface area contributed by atoms with Crippen LogP contribution in [0, 0.1) is 5.82 Å². The van der Waals surface area contributed by atoms with Crippen LogP contribution < -0.4 is 9.47 Å². The highest BCUT2D eigenvalue weighted by atomic mass is 19.1. The van der Waals surface area contributed by atoms with Gasteiger partial charge < -0.3 is 14.4 Å². The predicted molar refractivity (Wildman–Crippen MR) is 104 cm³/mol. The molecule has 0 radical (unpaired) electrons. The van der Waals surface area contributed by atoms with Gasteiger partial charge in [0.05, 0.1) is 0 Å². The minimum atomic E-state index is -0.467. The molecule has 0 spiro atoms. The summed E-state index contributed by atoms with van der Waals surface area (Å²) >= 11 is 0. The van der Waals surface area contributed by atoms with Crippen molar-refractivity contribution in [3.63, 3.8) is 0 Å². The second-order valence-corrected chi connectivity index (χ2v) is 6.75. The number of benzene rings is 2. The van der Waals surface area contributed by atoms with Crippen LogP contribution in [0.3, 0.4) is 0 Å². The Morgan fingerprint density at radius 2 is 1.79 bits per heavy atom. The van der Waals surface area contributed by atoms with Crippen molar-refractivity contribution >= 4 is 16.8 Å². The largest absolute Gasteiger partial charge is 0.488 e. The molecule has 5 nitrogen and oxygen atoms in total. The zero-order chi connectivity index (χ0) is 19.3. The molecule has 1 aliphatic heterocycles. The number of hydrogen-bond acceptors (Lipinski definition) is 4. The average Bonchev–Trinajstić information content (AvgIpc) is 2.74.